The van der Waals surface area contributed by atoms with E-state index < -0.39 is 28.8 Å². The third kappa shape index (κ3) is 5.23. The number of carbonyl (C=O) groups excluding carboxylic acids is 1. The smallest absolute Gasteiger partial charge is 0.349 e. The van der Waals surface area contributed by atoms with E-state index in [0.717, 1.165) is 22.4 Å². The van der Waals surface area contributed by atoms with E-state index in [-0.39, 0.29) is 18.3 Å². The summed E-state index contributed by atoms with van der Waals surface area (Å²) in [5.41, 5.74) is -0.459. The van der Waals surface area contributed by atoms with Crippen molar-refractivity contribution in [2.45, 2.75) is 19.1 Å². The van der Waals surface area contributed by atoms with Crippen LogP contribution in [0.15, 0.2) is 65.5 Å². The number of nitrogens with one attached hydrogen (secondary N) is 1. The molecule has 2 aromatic carbocycles. The highest BCUT2D eigenvalue weighted by Crippen LogP contribution is 2.30. The lowest BCUT2D eigenvalue weighted by atomic mass is 10.1. The molecule has 1 aromatic heterocycles. The number of carbonyl (C=O) groups is 1. The second-order valence-electron chi connectivity index (χ2n) is 7.56. The minimum Gasteiger partial charge on any atom is -0.349 e. The number of rotatable bonds is 6. The van der Waals surface area contributed by atoms with Crippen LogP contribution in [0, 0.1) is 6.92 Å². The molecular weight excluding hydrogens is 421 g/mol. The first-order valence-corrected chi connectivity index (χ1v) is 9.86. The molecule has 0 saturated heterocycles. The maximum Gasteiger partial charge on any atom is 0.416 e. The van der Waals surface area contributed by atoms with Crippen molar-refractivity contribution in [1.29, 1.82) is 0 Å². The SMILES string of the molecule is Cc1cc(=O)c(C(=O)NCC(c2ccccc2)N(C)C)nn1-c1cccc(C(F)(F)F)c1. The number of benzene rings is 2. The first kappa shape index (κ1) is 23.2. The van der Waals surface area contributed by atoms with Crippen LogP contribution in [0.5, 0.6) is 0 Å². The maximum atomic E-state index is 13.1. The molecule has 0 aliphatic carbocycles. The number of aryl methyl sites for hydroxylation is 1. The number of likely N-dealkylation sites (N-methyl/N-ethyl adjacent to an activating group) is 1. The highest BCUT2D eigenvalue weighted by molar-refractivity contribution is 5.92. The number of hydrogen-bond donors (Lipinski definition) is 1. The fourth-order valence-electron chi connectivity index (χ4n) is 3.33. The Morgan fingerprint density at radius 1 is 1.09 bits per heavy atom. The van der Waals surface area contributed by atoms with E-state index in [2.05, 4.69) is 10.4 Å². The van der Waals surface area contributed by atoms with Crippen molar-refractivity contribution < 1.29 is 18.0 Å². The Balaban J connectivity index is 1.89. The summed E-state index contributed by atoms with van der Waals surface area (Å²) in [7, 11) is 3.74. The molecule has 0 saturated carbocycles. The van der Waals surface area contributed by atoms with Gasteiger partial charge in [0.1, 0.15) is 0 Å². The molecule has 0 fully saturated rings. The van der Waals surface area contributed by atoms with E-state index in [1.807, 2.05) is 49.3 Å². The van der Waals surface area contributed by atoms with Crippen molar-refractivity contribution in [3.63, 3.8) is 0 Å². The zero-order chi connectivity index (χ0) is 23.5. The van der Waals surface area contributed by atoms with Gasteiger partial charge in [0.25, 0.3) is 5.91 Å². The molecule has 0 aliphatic heterocycles. The average molecular weight is 444 g/mol. The molecule has 1 atom stereocenters. The van der Waals surface area contributed by atoms with Crippen LogP contribution in [0.25, 0.3) is 5.69 Å². The molecule has 0 spiro atoms. The Kier molecular flexibility index (Phi) is 6.78. The fourth-order valence-corrected chi connectivity index (χ4v) is 3.33. The van der Waals surface area contributed by atoms with E-state index in [0.29, 0.717) is 5.69 Å². The third-order valence-electron chi connectivity index (χ3n) is 5.00. The number of hydrogen-bond acceptors (Lipinski definition) is 4. The fraction of sp³-hybridized carbons (Fsp3) is 0.261. The summed E-state index contributed by atoms with van der Waals surface area (Å²) in [6, 6.07) is 15.1. The summed E-state index contributed by atoms with van der Waals surface area (Å²) in [5, 5.41) is 6.79. The van der Waals surface area contributed by atoms with Gasteiger partial charge in [-0.15, -0.1) is 0 Å². The maximum absolute atomic E-state index is 13.1. The predicted octanol–water partition coefficient (Wildman–Crippen LogP) is 3.59. The van der Waals surface area contributed by atoms with Crippen LogP contribution >= 0.6 is 0 Å². The van der Waals surface area contributed by atoms with Crippen molar-refractivity contribution in [3.8, 4) is 5.69 Å². The van der Waals surface area contributed by atoms with E-state index in [1.54, 1.807) is 0 Å². The topological polar surface area (TPSA) is 67.2 Å². The molecule has 3 aromatic rings. The molecule has 1 amide bonds. The summed E-state index contributed by atoms with van der Waals surface area (Å²) in [6.45, 7) is 1.75. The molecule has 0 aliphatic rings. The van der Waals surface area contributed by atoms with Gasteiger partial charge >= 0.3 is 6.18 Å². The number of nitrogens with zero attached hydrogens (tertiary/aromatic N) is 3. The summed E-state index contributed by atoms with van der Waals surface area (Å²) >= 11 is 0. The second kappa shape index (κ2) is 9.35. The van der Waals surface area contributed by atoms with Crippen LogP contribution < -0.4 is 10.7 Å². The molecule has 0 radical (unpaired) electrons. The van der Waals surface area contributed by atoms with Crippen molar-refractivity contribution >= 4 is 5.91 Å². The van der Waals surface area contributed by atoms with E-state index in [4.69, 9.17) is 0 Å². The van der Waals surface area contributed by atoms with Gasteiger partial charge in [0.2, 0.25) is 5.43 Å². The lowest BCUT2D eigenvalue weighted by Gasteiger charge is -2.25. The minimum absolute atomic E-state index is 0.0989. The van der Waals surface area contributed by atoms with Crippen LogP contribution in [0.4, 0.5) is 13.2 Å². The van der Waals surface area contributed by atoms with Gasteiger partial charge in [-0.05, 0) is 44.8 Å². The molecule has 168 valence electrons. The molecule has 0 bridgehead atoms. The number of amides is 1. The molecule has 3 rings (SSSR count). The first-order chi connectivity index (χ1) is 15.1. The zero-order valence-electron chi connectivity index (χ0n) is 17.8. The molecule has 1 N–H and O–H groups in total. The van der Waals surface area contributed by atoms with Crippen molar-refractivity contribution in [3.05, 3.63) is 93.4 Å². The van der Waals surface area contributed by atoms with E-state index in [9.17, 15) is 22.8 Å². The van der Waals surface area contributed by atoms with Gasteiger partial charge in [0.15, 0.2) is 5.69 Å². The Labute approximate surface area is 183 Å². The van der Waals surface area contributed by atoms with Crippen LogP contribution in [0.2, 0.25) is 0 Å². The summed E-state index contributed by atoms with van der Waals surface area (Å²) in [5.74, 6) is -0.696. The lowest BCUT2D eigenvalue weighted by Crippen LogP contribution is -2.37. The lowest BCUT2D eigenvalue weighted by molar-refractivity contribution is -0.137. The van der Waals surface area contributed by atoms with Crippen molar-refractivity contribution in [2.75, 3.05) is 20.6 Å². The standard InChI is InChI=1S/C23H23F3N4O2/c1-15-12-20(31)21(28-30(15)18-11-7-10-17(13-18)23(24,25)26)22(32)27-14-19(29(2)3)16-8-5-4-6-9-16/h4-13,19H,14H2,1-3H3,(H,27,32). The van der Waals surface area contributed by atoms with Gasteiger partial charge in [-0.3, -0.25) is 9.59 Å². The Hall–Kier alpha value is -3.46. The zero-order valence-corrected chi connectivity index (χ0v) is 17.8. The largest absolute Gasteiger partial charge is 0.416 e. The quantitative estimate of drug-likeness (QED) is 0.631. The van der Waals surface area contributed by atoms with Gasteiger partial charge in [-0.1, -0.05) is 36.4 Å². The number of aromatic nitrogens is 2. The summed E-state index contributed by atoms with van der Waals surface area (Å²) < 4.78 is 40.4. The monoisotopic (exact) mass is 444 g/mol. The van der Waals surface area contributed by atoms with Crippen LogP contribution in [0.1, 0.15) is 33.4 Å². The molecular formula is C23H23F3N4O2. The summed E-state index contributed by atoms with van der Waals surface area (Å²) in [6.07, 6.45) is -4.53. The summed E-state index contributed by atoms with van der Waals surface area (Å²) in [4.78, 5) is 27.1. The van der Waals surface area contributed by atoms with E-state index >= 15 is 0 Å². The van der Waals surface area contributed by atoms with Crippen molar-refractivity contribution in [1.82, 2.24) is 20.0 Å². The minimum atomic E-state index is -4.53. The van der Waals surface area contributed by atoms with Crippen LogP contribution in [-0.4, -0.2) is 41.2 Å². The number of alkyl halides is 3. The highest BCUT2D eigenvalue weighted by Gasteiger charge is 2.30. The van der Waals surface area contributed by atoms with E-state index in [1.165, 1.54) is 25.1 Å². The van der Waals surface area contributed by atoms with Crippen molar-refractivity contribution in [2.24, 2.45) is 0 Å². The van der Waals surface area contributed by atoms with Gasteiger partial charge < -0.3 is 10.2 Å². The Morgan fingerprint density at radius 3 is 2.41 bits per heavy atom. The Morgan fingerprint density at radius 2 is 1.78 bits per heavy atom. The predicted molar refractivity (Wildman–Crippen MR) is 115 cm³/mol. The van der Waals surface area contributed by atoms with Crippen LogP contribution in [-0.2, 0) is 6.18 Å². The number of halogens is 3. The van der Waals surface area contributed by atoms with Gasteiger partial charge in [-0.2, -0.15) is 18.3 Å². The average Bonchev–Trinajstić information content (AvgIpc) is 2.74. The molecule has 6 nitrogen and oxygen atoms in total. The van der Waals surface area contributed by atoms with Gasteiger partial charge in [-0.25, -0.2) is 4.68 Å². The molecule has 1 unspecified atom stereocenters. The van der Waals surface area contributed by atoms with Crippen LogP contribution in [0.3, 0.4) is 0 Å². The molecule has 9 heteroatoms. The molecule has 1 heterocycles. The third-order valence-corrected chi connectivity index (χ3v) is 5.00. The second-order valence-corrected chi connectivity index (χ2v) is 7.56. The highest BCUT2D eigenvalue weighted by atomic mass is 19.4. The normalized spacial score (nSPS) is 12.6. The van der Waals surface area contributed by atoms with Gasteiger partial charge in [0, 0.05) is 18.3 Å². The molecule has 32 heavy (non-hydrogen) atoms. The Bertz CT molecular complexity index is 1160. The van der Waals surface area contributed by atoms with Gasteiger partial charge in [0.05, 0.1) is 17.3 Å². The first-order valence-electron chi connectivity index (χ1n) is 9.86.